The number of hydrogen-bond acceptors (Lipinski definition) is 7. The van der Waals surface area contributed by atoms with Gasteiger partial charge >= 0.3 is 0 Å². The molecule has 4 aromatic rings. The van der Waals surface area contributed by atoms with E-state index >= 15 is 0 Å². The summed E-state index contributed by atoms with van der Waals surface area (Å²) in [6, 6.07) is 19.8. The lowest BCUT2D eigenvalue weighted by Gasteiger charge is -2.30. The molecule has 2 aliphatic rings. The zero-order chi connectivity index (χ0) is 27.1. The van der Waals surface area contributed by atoms with Gasteiger partial charge in [0.1, 0.15) is 5.75 Å². The Hall–Kier alpha value is -4.30. The van der Waals surface area contributed by atoms with Crippen molar-refractivity contribution in [2.24, 2.45) is 4.99 Å². The Morgan fingerprint density at radius 1 is 0.897 bits per heavy atom. The number of methoxy groups -OCH3 is 4. The molecule has 0 amide bonds. The number of benzene rings is 3. The Morgan fingerprint density at radius 2 is 1.62 bits per heavy atom. The molecule has 0 saturated carbocycles. The smallest absolute Gasteiger partial charge is 0.271 e. The van der Waals surface area contributed by atoms with Gasteiger partial charge in [0.25, 0.3) is 5.56 Å². The molecule has 0 radical (unpaired) electrons. The number of ether oxygens (including phenoxy) is 4. The molecule has 0 spiro atoms. The van der Waals surface area contributed by atoms with Gasteiger partial charge in [-0.2, -0.15) is 0 Å². The summed E-state index contributed by atoms with van der Waals surface area (Å²) in [4.78, 5) is 19.8. The van der Waals surface area contributed by atoms with Crippen molar-refractivity contribution >= 4 is 23.1 Å². The molecule has 1 aliphatic carbocycles. The van der Waals surface area contributed by atoms with E-state index in [1.807, 2.05) is 53.1 Å². The largest absolute Gasteiger partial charge is 0.497 e. The maximum atomic E-state index is 14.0. The van der Waals surface area contributed by atoms with Crippen molar-refractivity contribution in [3.05, 3.63) is 108 Å². The van der Waals surface area contributed by atoms with Crippen LogP contribution in [-0.4, -0.2) is 33.0 Å². The van der Waals surface area contributed by atoms with Crippen LogP contribution >= 0.6 is 11.3 Å². The molecule has 0 saturated heterocycles. The van der Waals surface area contributed by atoms with E-state index < -0.39 is 0 Å². The first kappa shape index (κ1) is 25.0. The molecule has 0 N–H and O–H groups in total. The number of nitrogens with zero attached hydrogens (tertiary/aromatic N) is 2. The van der Waals surface area contributed by atoms with Crippen molar-refractivity contribution in [2.75, 3.05) is 28.4 Å². The molecule has 2 heterocycles. The van der Waals surface area contributed by atoms with Gasteiger partial charge in [-0.1, -0.05) is 47.7 Å². The molecule has 8 heteroatoms. The molecular weight excluding hydrogens is 512 g/mol. The quantitative estimate of drug-likeness (QED) is 0.364. The second-order valence-electron chi connectivity index (χ2n) is 9.35. The molecule has 1 aromatic heterocycles. The van der Waals surface area contributed by atoms with E-state index in [1.54, 1.807) is 28.4 Å². The fourth-order valence-electron chi connectivity index (χ4n) is 5.44. The summed E-state index contributed by atoms with van der Waals surface area (Å²) in [6.45, 7) is 0. The minimum absolute atomic E-state index is 0.0845. The number of aromatic nitrogens is 1. The summed E-state index contributed by atoms with van der Waals surface area (Å²) in [7, 11) is 6.37. The summed E-state index contributed by atoms with van der Waals surface area (Å²) >= 11 is 1.39. The van der Waals surface area contributed by atoms with Crippen LogP contribution < -0.4 is 33.8 Å². The van der Waals surface area contributed by atoms with Gasteiger partial charge < -0.3 is 18.9 Å². The third-order valence-electron chi connectivity index (χ3n) is 7.29. The summed E-state index contributed by atoms with van der Waals surface area (Å²) < 4.78 is 24.3. The van der Waals surface area contributed by atoms with Gasteiger partial charge in [0, 0.05) is 5.56 Å². The standard InChI is InChI=1S/C31H28N2O5S/c1-35-21-12-9-20(10-13-21)28-23-14-11-19-7-5-6-8-22(19)27(23)32-31-33(28)30(34)26(39-31)17-18-15-24(36-2)29(38-4)25(16-18)37-3/h5-10,12-13,15-17,28H,11,14H2,1-4H3. The number of thiazole rings is 1. The number of allylic oxidation sites excluding steroid dienone is 1. The van der Waals surface area contributed by atoms with Crippen molar-refractivity contribution in [2.45, 2.75) is 18.9 Å². The Kier molecular flexibility index (Phi) is 6.48. The zero-order valence-corrected chi connectivity index (χ0v) is 23.0. The van der Waals surface area contributed by atoms with Gasteiger partial charge in [-0.15, -0.1) is 0 Å². The van der Waals surface area contributed by atoms with E-state index in [1.165, 1.54) is 16.9 Å². The lowest BCUT2D eigenvalue weighted by atomic mass is 9.83. The maximum absolute atomic E-state index is 14.0. The van der Waals surface area contributed by atoms with Gasteiger partial charge in [-0.25, -0.2) is 4.99 Å². The van der Waals surface area contributed by atoms with E-state index in [9.17, 15) is 4.79 Å². The molecule has 6 rings (SSSR count). The highest BCUT2D eigenvalue weighted by molar-refractivity contribution is 7.07. The van der Waals surface area contributed by atoms with Crippen LogP contribution in [0.5, 0.6) is 23.0 Å². The van der Waals surface area contributed by atoms with Crippen molar-refractivity contribution in [3.8, 4) is 23.0 Å². The SMILES string of the molecule is COc1ccc(C2C3=C(N=c4sc(=Cc5cc(OC)c(OC)c(OC)c5)c(=O)n42)c2ccccc2CC3)cc1. The number of rotatable bonds is 6. The van der Waals surface area contributed by atoms with E-state index in [0.717, 1.165) is 46.6 Å². The van der Waals surface area contributed by atoms with Crippen LogP contribution in [0.1, 0.15) is 34.7 Å². The fraction of sp³-hybridized carbons (Fsp3) is 0.226. The molecule has 0 fully saturated rings. The minimum Gasteiger partial charge on any atom is -0.497 e. The monoisotopic (exact) mass is 540 g/mol. The Labute approximate surface area is 229 Å². The zero-order valence-electron chi connectivity index (χ0n) is 22.2. The van der Waals surface area contributed by atoms with Crippen LogP contribution in [0.2, 0.25) is 0 Å². The second kappa shape index (κ2) is 10.1. The van der Waals surface area contributed by atoms with E-state index in [-0.39, 0.29) is 11.6 Å². The second-order valence-corrected chi connectivity index (χ2v) is 10.4. The summed E-state index contributed by atoms with van der Waals surface area (Å²) in [5.41, 5.74) is 6.26. The van der Waals surface area contributed by atoms with E-state index in [0.29, 0.717) is 26.6 Å². The summed E-state index contributed by atoms with van der Waals surface area (Å²) in [6.07, 6.45) is 3.60. The van der Waals surface area contributed by atoms with Crippen molar-refractivity contribution in [1.29, 1.82) is 0 Å². The molecule has 198 valence electrons. The molecular formula is C31H28N2O5S. The first-order valence-corrected chi connectivity index (χ1v) is 13.4. The van der Waals surface area contributed by atoms with Crippen molar-refractivity contribution in [1.82, 2.24) is 4.57 Å². The normalized spacial score (nSPS) is 16.1. The van der Waals surface area contributed by atoms with Gasteiger partial charge in [0.2, 0.25) is 5.75 Å². The molecule has 1 atom stereocenters. The van der Waals surface area contributed by atoms with Gasteiger partial charge in [0.05, 0.1) is 44.7 Å². The summed E-state index contributed by atoms with van der Waals surface area (Å²) in [5, 5.41) is 0. The average molecular weight is 541 g/mol. The highest BCUT2D eigenvalue weighted by Crippen LogP contribution is 2.42. The van der Waals surface area contributed by atoms with E-state index in [2.05, 4.69) is 18.2 Å². The van der Waals surface area contributed by atoms with Crippen LogP contribution in [0.25, 0.3) is 11.8 Å². The minimum atomic E-state index is -0.252. The number of aryl methyl sites for hydroxylation is 1. The van der Waals surface area contributed by atoms with Crippen molar-refractivity contribution in [3.63, 3.8) is 0 Å². The lowest BCUT2D eigenvalue weighted by molar-refractivity contribution is 0.324. The Balaban J connectivity index is 1.58. The van der Waals surface area contributed by atoms with Crippen molar-refractivity contribution < 1.29 is 18.9 Å². The van der Waals surface area contributed by atoms with Crippen LogP contribution in [0, 0.1) is 0 Å². The van der Waals surface area contributed by atoms with Crippen LogP contribution in [0.3, 0.4) is 0 Å². The molecule has 0 bridgehead atoms. The number of hydrogen-bond donors (Lipinski definition) is 0. The van der Waals surface area contributed by atoms with Gasteiger partial charge in [-0.3, -0.25) is 9.36 Å². The lowest BCUT2D eigenvalue weighted by Crippen LogP contribution is -2.38. The maximum Gasteiger partial charge on any atom is 0.271 e. The van der Waals surface area contributed by atoms with Gasteiger partial charge in [0.15, 0.2) is 16.3 Å². The third-order valence-corrected chi connectivity index (χ3v) is 8.27. The molecule has 3 aromatic carbocycles. The van der Waals surface area contributed by atoms with E-state index in [4.69, 9.17) is 23.9 Å². The highest BCUT2D eigenvalue weighted by atomic mass is 32.1. The Bertz CT molecular complexity index is 1760. The first-order chi connectivity index (χ1) is 19.1. The topological polar surface area (TPSA) is 71.3 Å². The first-order valence-electron chi connectivity index (χ1n) is 12.6. The Morgan fingerprint density at radius 3 is 2.28 bits per heavy atom. The third kappa shape index (κ3) is 4.21. The summed E-state index contributed by atoms with van der Waals surface area (Å²) in [5.74, 6) is 2.33. The molecule has 1 aliphatic heterocycles. The fourth-order valence-corrected chi connectivity index (χ4v) is 6.45. The molecule has 39 heavy (non-hydrogen) atoms. The molecule has 1 unspecified atom stereocenters. The van der Waals surface area contributed by atoms with Gasteiger partial charge in [-0.05, 0) is 65.4 Å². The predicted molar refractivity (Wildman–Crippen MR) is 152 cm³/mol. The average Bonchev–Trinajstić information content (AvgIpc) is 3.29. The predicted octanol–water partition coefficient (Wildman–Crippen LogP) is 4.35. The van der Waals surface area contributed by atoms with Crippen LogP contribution in [0.15, 0.2) is 76.0 Å². The van der Waals surface area contributed by atoms with Crippen LogP contribution in [-0.2, 0) is 6.42 Å². The van der Waals surface area contributed by atoms with Crippen LogP contribution in [0.4, 0.5) is 0 Å². The number of fused-ring (bicyclic) bond motifs is 3. The highest BCUT2D eigenvalue weighted by Gasteiger charge is 2.32. The molecule has 7 nitrogen and oxygen atoms in total.